The number of rotatable bonds is 5. The van der Waals surface area contributed by atoms with Crippen LogP contribution in [0, 0.1) is 11.3 Å². The SMILES string of the molecule is CC(C)CC1(CNC(=O)[C@@H]2CSC(C)(C)C(=O)N2)CCC1. The smallest absolute Gasteiger partial charge is 0.243 e. The van der Waals surface area contributed by atoms with Crippen molar-refractivity contribution >= 4 is 23.6 Å². The lowest BCUT2D eigenvalue weighted by molar-refractivity contribution is -0.130. The van der Waals surface area contributed by atoms with Crippen molar-refractivity contribution in [1.82, 2.24) is 10.6 Å². The number of carbonyl (C=O) groups is 2. The van der Waals surface area contributed by atoms with E-state index < -0.39 is 4.75 Å². The van der Waals surface area contributed by atoms with E-state index >= 15 is 0 Å². The third-order valence-electron chi connectivity index (χ3n) is 4.67. The van der Waals surface area contributed by atoms with Crippen molar-refractivity contribution in [3.05, 3.63) is 0 Å². The fraction of sp³-hybridized carbons (Fsp3) is 0.875. The van der Waals surface area contributed by atoms with Crippen LogP contribution in [0.5, 0.6) is 0 Å². The summed E-state index contributed by atoms with van der Waals surface area (Å²) in [4.78, 5) is 24.2. The summed E-state index contributed by atoms with van der Waals surface area (Å²) in [5, 5.41) is 5.93. The predicted octanol–water partition coefficient (Wildman–Crippen LogP) is 2.33. The van der Waals surface area contributed by atoms with Crippen LogP contribution in [-0.2, 0) is 9.59 Å². The zero-order valence-corrected chi connectivity index (χ0v) is 14.4. The van der Waals surface area contributed by atoms with Gasteiger partial charge in [-0.2, -0.15) is 0 Å². The van der Waals surface area contributed by atoms with Crippen LogP contribution >= 0.6 is 11.8 Å². The molecule has 5 heteroatoms. The van der Waals surface area contributed by atoms with E-state index in [2.05, 4.69) is 24.5 Å². The van der Waals surface area contributed by atoms with Gasteiger partial charge in [-0.25, -0.2) is 0 Å². The zero-order chi connectivity index (χ0) is 15.7. The standard InChI is InChI=1S/C16H28N2O2S/c1-11(2)8-16(6-5-7-16)10-17-13(19)12-9-21-15(3,4)14(20)18-12/h11-12H,5-10H2,1-4H3,(H,17,19)(H,18,20)/t12-/m0/s1. The van der Waals surface area contributed by atoms with Crippen molar-refractivity contribution in [2.45, 2.75) is 64.2 Å². The molecule has 0 unspecified atom stereocenters. The van der Waals surface area contributed by atoms with Gasteiger partial charge in [0.05, 0.1) is 4.75 Å². The first-order valence-electron chi connectivity index (χ1n) is 7.97. The fourth-order valence-corrected chi connectivity index (χ4v) is 4.27. The quantitative estimate of drug-likeness (QED) is 0.819. The Kier molecular flexibility index (Phi) is 4.91. The monoisotopic (exact) mass is 312 g/mol. The molecule has 0 spiro atoms. The molecular formula is C16H28N2O2S. The topological polar surface area (TPSA) is 58.2 Å². The van der Waals surface area contributed by atoms with Gasteiger partial charge in [0.2, 0.25) is 11.8 Å². The van der Waals surface area contributed by atoms with Gasteiger partial charge in [-0.3, -0.25) is 9.59 Å². The summed E-state index contributed by atoms with van der Waals surface area (Å²) < 4.78 is -0.427. The van der Waals surface area contributed by atoms with Crippen LogP contribution in [-0.4, -0.2) is 34.9 Å². The molecule has 2 N–H and O–H groups in total. The second-order valence-electron chi connectivity index (χ2n) is 7.52. The number of carbonyl (C=O) groups excluding carboxylic acids is 2. The number of nitrogens with one attached hydrogen (secondary N) is 2. The summed E-state index contributed by atoms with van der Waals surface area (Å²) >= 11 is 1.56. The number of hydrogen-bond acceptors (Lipinski definition) is 3. The first kappa shape index (κ1) is 16.7. The van der Waals surface area contributed by atoms with Crippen LogP contribution in [0.3, 0.4) is 0 Å². The minimum atomic E-state index is -0.427. The zero-order valence-electron chi connectivity index (χ0n) is 13.6. The summed E-state index contributed by atoms with van der Waals surface area (Å²) in [7, 11) is 0. The Balaban J connectivity index is 1.84. The second kappa shape index (κ2) is 6.19. The molecule has 1 aliphatic heterocycles. The van der Waals surface area contributed by atoms with E-state index in [9.17, 15) is 9.59 Å². The fourth-order valence-electron chi connectivity index (χ4n) is 3.27. The molecule has 1 saturated heterocycles. The highest BCUT2D eigenvalue weighted by Gasteiger charge is 2.40. The average molecular weight is 312 g/mol. The molecule has 1 aliphatic carbocycles. The summed E-state index contributed by atoms with van der Waals surface area (Å²) in [6.07, 6.45) is 4.87. The van der Waals surface area contributed by atoms with E-state index in [-0.39, 0.29) is 17.9 Å². The molecule has 21 heavy (non-hydrogen) atoms. The van der Waals surface area contributed by atoms with Crippen molar-refractivity contribution in [3.8, 4) is 0 Å². The normalized spacial score (nSPS) is 26.9. The molecule has 1 atom stereocenters. The maximum absolute atomic E-state index is 12.3. The molecule has 1 saturated carbocycles. The van der Waals surface area contributed by atoms with Gasteiger partial charge in [0.25, 0.3) is 0 Å². The lowest BCUT2D eigenvalue weighted by Crippen LogP contribution is -2.58. The Morgan fingerprint density at radius 2 is 2.10 bits per heavy atom. The van der Waals surface area contributed by atoms with Gasteiger partial charge < -0.3 is 10.6 Å². The third-order valence-corrected chi connectivity index (χ3v) is 6.08. The van der Waals surface area contributed by atoms with Crippen molar-refractivity contribution < 1.29 is 9.59 Å². The van der Waals surface area contributed by atoms with Gasteiger partial charge in [0, 0.05) is 12.3 Å². The Morgan fingerprint density at radius 3 is 2.57 bits per heavy atom. The highest BCUT2D eigenvalue weighted by molar-refractivity contribution is 8.01. The summed E-state index contributed by atoms with van der Waals surface area (Å²) in [5.41, 5.74) is 0.301. The lowest BCUT2D eigenvalue weighted by Gasteiger charge is -2.44. The van der Waals surface area contributed by atoms with E-state index in [1.807, 2.05) is 13.8 Å². The first-order chi connectivity index (χ1) is 9.74. The number of amides is 2. The van der Waals surface area contributed by atoms with E-state index in [0.29, 0.717) is 17.1 Å². The van der Waals surface area contributed by atoms with E-state index in [1.54, 1.807) is 11.8 Å². The molecule has 0 aromatic rings. The van der Waals surface area contributed by atoms with Crippen LogP contribution in [0.4, 0.5) is 0 Å². The molecule has 2 fully saturated rings. The third kappa shape index (κ3) is 3.93. The van der Waals surface area contributed by atoms with Gasteiger partial charge in [0.15, 0.2) is 0 Å². The number of thioether (sulfide) groups is 1. The van der Waals surface area contributed by atoms with Crippen LogP contribution in [0.2, 0.25) is 0 Å². The maximum Gasteiger partial charge on any atom is 0.243 e. The molecule has 2 amide bonds. The molecule has 4 nitrogen and oxygen atoms in total. The van der Waals surface area contributed by atoms with Gasteiger partial charge in [-0.15, -0.1) is 11.8 Å². The van der Waals surface area contributed by atoms with Gasteiger partial charge >= 0.3 is 0 Å². The minimum Gasteiger partial charge on any atom is -0.354 e. The molecule has 1 heterocycles. The summed E-state index contributed by atoms with van der Waals surface area (Å²) in [6, 6.07) is -0.383. The number of hydrogen-bond donors (Lipinski definition) is 2. The van der Waals surface area contributed by atoms with Gasteiger partial charge in [-0.05, 0) is 44.4 Å². The Morgan fingerprint density at radius 1 is 1.43 bits per heavy atom. The summed E-state index contributed by atoms with van der Waals surface area (Å²) in [5.74, 6) is 1.25. The Hall–Kier alpha value is -0.710. The largest absolute Gasteiger partial charge is 0.354 e. The molecule has 0 aromatic carbocycles. The van der Waals surface area contributed by atoms with E-state index in [1.165, 1.54) is 25.7 Å². The molecule has 0 aromatic heterocycles. The Labute approximate surface area is 132 Å². The highest BCUT2D eigenvalue weighted by atomic mass is 32.2. The molecule has 0 radical (unpaired) electrons. The van der Waals surface area contributed by atoms with Crippen molar-refractivity contribution in [2.24, 2.45) is 11.3 Å². The van der Waals surface area contributed by atoms with Crippen LogP contribution < -0.4 is 10.6 Å². The van der Waals surface area contributed by atoms with Crippen LogP contribution in [0.15, 0.2) is 0 Å². The van der Waals surface area contributed by atoms with Gasteiger partial charge in [-0.1, -0.05) is 20.3 Å². The summed E-state index contributed by atoms with van der Waals surface area (Å²) in [6.45, 7) is 9.02. The van der Waals surface area contributed by atoms with Crippen molar-refractivity contribution in [2.75, 3.05) is 12.3 Å². The van der Waals surface area contributed by atoms with Crippen LogP contribution in [0.25, 0.3) is 0 Å². The van der Waals surface area contributed by atoms with E-state index in [4.69, 9.17) is 0 Å². The van der Waals surface area contributed by atoms with Gasteiger partial charge in [0.1, 0.15) is 6.04 Å². The molecule has 2 aliphatic rings. The van der Waals surface area contributed by atoms with Crippen molar-refractivity contribution in [1.29, 1.82) is 0 Å². The molecule has 0 bridgehead atoms. The highest BCUT2D eigenvalue weighted by Crippen LogP contribution is 2.45. The molecular weight excluding hydrogens is 284 g/mol. The minimum absolute atomic E-state index is 0.0265. The van der Waals surface area contributed by atoms with Crippen molar-refractivity contribution in [3.63, 3.8) is 0 Å². The predicted molar refractivity (Wildman–Crippen MR) is 87.2 cm³/mol. The maximum atomic E-state index is 12.3. The Bertz CT molecular complexity index is 417. The lowest BCUT2D eigenvalue weighted by atomic mass is 9.64. The molecule has 120 valence electrons. The first-order valence-corrected chi connectivity index (χ1v) is 8.95. The van der Waals surface area contributed by atoms with Crippen LogP contribution in [0.1, 0.15) is 53.4 Å². The second-order valence-corrected chi connectivity index (χ2v) is 9.16. The molecule has 2 rings (SSSR count). The van der Waals surface area contributed by atoms with E-state index in [0.717, 1.165) is 6.54 Å². The average Bonchev–Trinajstić information content (AvgIpc) is 2.35.